The third-order valence-corrected chi connectivity index (χ3v) is 5.44. The van der Waals surface area contributed by atoms with Crippen LogP contribution in [0.25, 0.3) is 27.9 Å². The fourth-order valence-electron chi connectivity index (χ4n) is 3.87. The van der Waals surface area contributed by atoms with Crippen LogP contribution < -0.4 is 0 Å². The molecule has 1 fully saturated rings. The Hall–Kier alpha value is -3.47. The van der Waals surface area contributed by atoms with Crippen molar-refractivity contribution >= 4 is 11.4 Å². The number of carbonyl (C=O) groups is 1. The molecule has 4 aromatic rings. The van der Waals surface area contributed by atoms with Gasteiger partial charge in [0, 0.05) is 30.4 Å². The number of carbonyl (C=O) groups excluding carboxylic acids is 1. The molecule has 1 amide bonds. The molecule has 5 rings (SSSR count). The number of benzene rings is 2. The molecule has 0 radical (unpaired) electrons. The average molecular weight is 385 g/mol. The van der Waals surface area contributed by atoms with E-state index in [1.165, 1.54) is 12.1 Å². The summed E-state index contributed by atoms with van der Waals surface area (Å²) in [4.78, 5) is 14.6. The number of aromatic nitrogens is 2. The average Bonchev–Trinajstić information content (AvgIpc) is 3.43. The zero-order valence-electron chi connectivity index (χ0n) is 15.9. The van der Waals surface area contributed by atoms with Gasteiger partial charge in [0.2, 0.25) is 0 Å². The van der Waals surface area contributed by atoms with E-state index in [1.54, 1.807) is 16.6 Å². The van der Waals surface area contributed by atoms with E-state index in [2.05, 4.69) is 11.2 Å². The first kappa shape index (κ1) is 17.6. The molecule has 2 aromatic heterocycles. The lowest BCUT2D eigenvalue weighted by molar-refractivity contribution is 0.0793. The van der Waals surface area contributed by atoms with E-state index < -0.39 is 0 Å². The maximum absolute atomic E-state index is 13.2. The van der Waals surface area contributed by atoms with Crippen LogP contribution in [0.2, 0.25) is 0 Å². The van der Waals surface area contributed by atoms with Gasteiger partial charge in [0.25, 0.3) is 5.91 Å². The van der Waals surface area contributed by atoms with Gasteiger partial charge in [-0.3, -0.25) is 4.79 Å². The van der Waals surface area contributed by atoms with Crippen molar-refractivity contribution in [3.8, 4) is 22.4 Å². The zero-order chi connectivity index (χ0) is 19.8. The molecule has 0 saturated carbocycles. The van der Waals surface area contributed by atoms with Crippen molar-refractivity contribution in [2.24, 2.45) is 0 Å². The number of hydrogen-bond donors (Lipinski definition) is 0. The minimum atomic E-state index is -0.261. The number of nitrogens with zero attached hydrogens (tertiary/aromatic N) is 3. The third-order valence-electron chi connectivity index (χ3n) is 5.44. The second kappa shape index (κ2) is 7.17. The van der Waals surface area contributed by atoms with Crippen LogP contribution in [0.5, 0.6) is 0 Å². The monoisotopic (exact) mass is 385 g/mol. The van der Waals surface area contributed by atoms with Crippen molar-refractivity contribution in [1.82, 2.24) is 14.5 Å². The van der Waals surface area contributed by atoms with Crippen LogP contribution in [0.15, 0.2) is 72.9 Å². The number of halogens is 1. The van der Waals surface area contributed by atoms with Gasteiger partial charge in [0.05, 0.1) is 11.2 Å². The first-order valence-corrected chi connectivity index (χ1v) is 9.82. The highest BCUT2D eigenvalue weighted by Crippen LogP contribution is 2.26. The molecule has 1 aliphatic rings. The molecule has 0 bridgehead atoms. The van der Waals surface area contributed by atoms with E-state index in [-0.39, 0.29) is 11.7 Å². The summed E-state index contributed by atoms with van der Waals surface area (Å²) in [7, 11) is 0. The minimum Gasteiger partial charge on any atom is -0.339 e. The predicted molar refractivity (Wildman–Crippen MR) is 111 cm³/mol. The molecule has 0 aliphatic carbocycles. The summed E-state index contributed by atoms with van der Waals surface area (Å²) < 4.78 is 15.0. The third kappa shape index (κ3) is 3.40. The van der Waals surface area contributed by atoms with Crippen LogP contribution >= 0.6 is 0 Å². The number of amides is 1. The number of hydrogen-bond acceptors (Lipinski definition) is 2. The number of pyridine rings is 1. The topological polar surface area (TPSA) is 37.6 Å². The molecular weight excluding hydrogens is 365 g/mol. The molecule has 0 atom stereocenters. The van der Waals surface area contributed by atoms with E-state index in [0.29, 0.717) is 0 Å². The molecule has 2 aromatic carbocycles. The van der Waals surface area contributed by atoms with Crippen molar-refractivity contribution in [3.05, 3.63) is 84.3 Å². The zero-order valence-corrected chi connectivity index (χ0v) is 15.9. The Bertz CT molecular complexity index is 1190. The lowest BCUT2D eigenvalue weighted by Gasteiger charge is -2.15. The van der Waals surface area contributed by atoms with Crippen LogP contribution in [0.1, 0.15) is 23.2 Å². The fraction of sp³-hybridized carbons (Fsp3) is 0.167. The summed E-state index contributed by atoms with van der Waals surface area (Å²) in [6.07, 6.45) is 4.08. The van der Waals surface area contributed by atoms with Crippen LogP contribution in [-0.2, 0) is 0 Å². The predicted octanol–water partition coefficient (Wildman–Crippen LogP) is 5.04. The first-order chi connectivity index (χ1) is 14.2. The summed E-state index contributed by atoms with van der Waals surface area (Å²) in [5.41, 5.74) is 5.36. The quantitative estimate of drug-likeness (QED) is 0.495. The normalized spacial score (nSPS) is 13.9. The van der Waals surface area contributed by atoms with Crippen LogP contribution in [0.3, 0.4) is 0 Å². The van der Waals surface area contributed by atoms with E-state index in [9.17, 15) is 9.18 Å². The van der Waals surface area contributed by atoms with Crippen LogP contribution in [0.4, 0.5) is 4.39 Å². The van der Waals surface area contributed by atoms with Gasteiger partial charge in [-0.25, -0.2) is 8.91 Å². The van der Waals surface area contributed by atoms with Crippen molar-refractivity contribution in [2.45, 2.75) is 12.8 Å². The minimum absolute atomic E-state index is 0.105. The Morgan fingerprint density at radius 2 is 1.62 bits per heavy atom. The summed E-state index contributed by atoms with van der Waals surface area (Å²) >= 11 is 0. The fourth-order valence-corrected chi connectivity index (χ4v) is 3.87. The Morgan fingerprint density at radius 1 is 0.862 bits per heavy atom. The highest BCUT2D eigenvalue weighted by atomic mass is 19.1. The molecule has 0 N–H and O–H groups in total. The lowest BCUT2D eigenvalue weighted by atomic mass is 10.0. The largest absolute Gasteiger partial charge is 0.339 e. The summed E-state index contributed by atoms with van der Waals surface area (Å²) in [6.45, 7) is 1.69. The lowest BCUT2D eigenvalue weighted by Crippen LogP contribution is -2.27. The van der Waals surface area contributed by atoms with Gasteiger partial charge in [-0.05, 0) is 78.6 Å². The van der Waals surface area contributed by atoms with Gasteiger partial charge in [-0.1, -0.05) is 12.1 Å². The first-order valence-electron chi connectivity index (χ1n) is 9.82. The molecular formula is C24H20FN3O. The summed E-state index contributed by atoms with van der Waals surface area (Å²) in [5.74, 6) is -0.156. The molecule has 144 valence electrons. The van der Waals surface area contributed by atoms with E-state index in [0.717, 1.165) is 59.4 Å². The Balaban J connectivity index is 1.48. The van der Waals surface area contributed by atoms with E-state index in [1.807, 2.05) is 47.5 Å². The Kier molecular flexibility index (Phi) is 4.35. The van der Waals surface area contributed by atoms with Gasteiger partial charge >= 0.3 is 0 Å². The maximum Gasteiger partial charge on any atom is 0.253 e. The maximum atomic E-state index is 13.2. The highest BCUT2D eigenvalue weighted by molar-refractivity contribution is 5.95. The molecule has 3 heterocycles. The SMILES string of the molecule is O=C(c1cccc(-c2ccn3nc(-c4ccc(F)cc4)cc3c2)c1)N1CCCC1. The molecule has 0 unspecified atom stereocenters. The number of rotatable bonds is 3. The van der Waals surface area contributed by atoms with Crippen molar-refractivity contribution in [1.29, 1.82) is 0 Å². The molecule has 1 saturated heterocycles. The molecule has 4 nitrogen and oxygen atoms in total. The van der Waals surface area contributed by atoms with Crippen LogP contribution in [-0.4, -0.2) is 33.5 Å². The van der Waals surface area contributed by atoms with Gasteiger partial charge in [-0.2, -0.15) is 5.10 Å². The van der Waals surface area contributed by atoms with Crippen molar-refractivity contribution in [2.75, 3.05) is 13.1 Å². The molecule has 1 aliphatic heterocycles. The number of fused-ring (bicyclic) bond motifs is 1. The summed E-state index contributed by atoms with van der Waals surface area (Å²) in [5, 5.41) is 4.58. The number of likely N-dealkylation sites (tertiary alicyclic amines) is 1. The van der Waals surface area contributed by atoms with Crippen molar-refractivity contribution < 1.29 is 9.18 Å². The second-order valence-electron chi connectivity index (χ2n) is 7.40. The Morgan fingerprint density at radius 3 is 2.41 bits per heavy atom. The van der Waals surface area contributed by atoms with E-state index in [4.69, 9.17) is 0 Å². The van der Waals surface area contributed by atoms with Gasteiger partial charge in [0.1, 0.15) is 5.82 Å². The summed E-state index contributed by atoms with van der Waals surface area (Å²) in [6, 6.07) is 20.2. The van der Waals surface area contributed by atoms with Crippen molar-refractivity contribution in [3.63, 3.8) is 0 Å². The standard InChI is InChI=1S/C24H20FN3O/c25-21-8-6-17(7-9-21)23-16-22-15-19(10-13-28(22)26-23)18-4-3-5-20(14-18)24(29)27-11-1-2-12-27/h3-10,13-16H,1-2,11-12H2. The van der Waals surface area contributed by atoms with Gasteiger partial charge < -0.3 is 4.90 Å². The smallest absolute Gasteiger partial charge is 0.253 e. The molecule has 0 spiro atoms. The second-order valence-corrected chi connectivity index (χ2v) is 7.40. The molecule has 29 heavy (non-hydrogen) atoms. The van der Waals surface area contributed by atoms with E-state index >= 15 is 0 Å². The highest BCUT2D eigenvalue weighted by Gasteiger charge is 2.19. The van der Waals surface area contributed by atoms with Crippen LogP contribution in [0, 0.1) is 5.82 Å². The van der Waals surface area contributed by atoms with Gasteiger partial charge in [0.15, 0.2) is 0 Å². The molecule has 5 heteroatoms. The Labute approximate surface area is 168 Å². The van der Waals surface area contributed by atoms with Gasteiger partial charge in [-0.15, -0.1) is 0 Å².